The van der Waals surface area contributed by atoms with Crippen molar-refractivity contribution in [1.82, 2.24) is 15.8 Å². The van der Waals surface area contributed by atoms with Crippen molar-refractivity contribution in [2.45, 2.75) is 40.2 Å². The lowest BCUT2D eigenvalue weighted by Gasteiger charge is -2.17. The lowest BCUT2D eigenvalue weighted by atomic mass is 9.90. The van der Waals surface area contributed by atoms with Gasteiger partial charge in [0, 0.05) is 25.4 Å². The van der Waals surface area contributed by atoms with E-state index < -0.39 is 0 Å². The highest BCUT2D eigenvalue weighted by molar-refractivity contribution is 5.75. The maximum Gasteiger partial charge on any atom is 0.234 e. The maximum atomic E-state index is 11.5. The van der Waals surface area contributed by atoms with E-state index >= 15 is 0 Å². The Morgan fingerprint density at radius 1 is 1.41 bits per heavy atom. The number of carbonyl (C=O) groups excluding carboxylic acids is 1. The van der Waals surface area contributed by atoms with E-state index in [1.165, 1.54) is 0 Å². The number of nitrogens with one attached hydrogen (secondary N) is 2. The number of pyridine rings is 1. The van der Waals surface area contributed by atoms with Gasteiger partial charge in [0.2, 0.25) is 5.91 Å². The highest BCUT2D eigenvalue weighted by atomic mass is 16.2. The molecule has 4 heteroatoms. The van der Waals surface area contributed by atoms with Gasteiger partial charge in [0.25, 0.3) is 0 Å². The monoisotopic (exact) mass is 235 g/mol. The van der Waals surface area contributed by atoms with Crippen molar-refractivity contribution in [1.29, 1.82) is 0 Å². The van der Waals surface area contributed by atoms with Gasteiger partial charge < -0.3 is 0 Å². The molecule has 0 radical (unpaired) electrons. The molecule has 1 heterocycles. The molecule has 4 nitrogen and oxygen atoms in total. The van der Waals surface area contributed by atoms with Crippen LogP contribution in [-0.2, 0) is 11.3 Å². The zero-order valence-corrected chi connectivity index (χ0v) is 10.8. The van der Waals surface area contributed by atoms with E-state index in [0.717, 1.165) is 12.0 Å². The minimum atomic E-state index is 0.0313. The quantitative estimate of drug-likeness (QED) is 0.768. The van der Waals surface area contributed by atoms with Crippen LogP contribution in [0.2, 0.25) is 0 Å². The number of hydrazine groups is 1. The Balaban J connectivity index is 2.17. The van der Waals surface area contributed by atoms with Crippen molar-refractivity contribution in [2.24, 2.45) is 5.41 Å². The molecular formula is C13H21N3O. The van der Waals surface area contributed by atoms with Crippen LogP contribution in [-0.4, -0.2) is 10.9 Å². The van der Waals surface area contributed by atoms with Gasteiger partial charge in [0.1, 0.15) is 0 Å². The van der Waals surface area contributed by atoms with Gasteiger partial charge in [-0.05, 0) is 23.5 Å². The highest BCUT2D eigenvalue weighted by Crippen LogP contribution is 2.19. The molecular weight excluding hydrogens is 214 g/mol. The molecule has 0 bridgehead atoms. The van der Waals surface area contributed by atoms with E-state index in [9.17, 15) is 4.79 Å². The summed E-state index contributed by atoms with van der Waals surface area (Å²) in [4.78, 5) is 15.5. The summed E-state index contributed by atoms with van der Waals surface area (Å²) in [5.41, 5.74) is 6.83. The molecule has 0 saturated heterocycles. The fourth-order valence-electron chi connectivity index (χ4n) is 1.30. The molecule has 0 atom stereocenters. The number of rotatable bonds is 5. The van der Waals surface area contributed by atoms with Crippen LogP contribution in [0, 0.1) is 5.41 Å². The summed E-state index contributed by atoms with van der Waals surface area (Å²) < 4.78 is 0. The van der Waals surface area contributed by atoms with Gasteiger partial charge in [-0.3, -0.25) is 15.2 Å². The fraction of sp³-hybridized carbons (Fsp3) is 0.538. The topological polar surface area (TPSA) is 54.0 Å². The van der Waals surface area contributed by atoms with Crippen LogP contribution >= 0.6 is 0 Å². The van der Waals surface area contributed by atoms with Crippen molar-refractivity contribution in [2.75, 3.05) is 0 Å². The predicted molar refractivity (Wildman–Crippen MR) is 67.9 cm³/mol. The average molecular weight is 235 g/mol. The Morgan fingerprint density at radius 2 is 2.18 bits per heavy atom. The van der Waals surface area contributed by atoms with Crippen LogP contribution in [0.25, 0.3) is 0 Å². The molecule has 1 aromatic heterocycles. The third-order valence-electron chi connectivity index (χ3n) is 2.35. The SMILES string of the molecule is CC(C)(C)CCC(=O)NNCc1cccnc1. The number of nitrogens with zero attached hydrogens (tertiary/aromatic N) is 1. The van der Waals surface area contributed by atoms with E-state index in [1.54, 1.807) is 12.4 Å². The summed E-state index contributed by atoms with van der Waals surface area (Å²) in [7, 11) is 0. The first-order valence-electron chi connectivity index (χ1n) is 5.88. The lowest BCUT2D eigenvalue weighted by molar-refractivity contribution is -0.122. The van der Waals surface area contributed by atoms with Crippen molar-refractivity contribution < 1.29 is 4.79 Å². The van der Waals surface area contributed by atoms with Gasteiger partial charge >= 0.3 is 0 Å². The second-order valence-electron chi connectivity index (χ2n) is 5.32. The van der Waals surface area contributed by atoms with Crippen LogP contribution in [0.4, 0.5) is 0 Å². The van der Waals surface area contributed by atoms with Gasteiger partial charge in [-0.2, -0.15) is 0 Å². The summed E-state index contributed by atoms with van der Waals surface area (Å²) in [5, 5.41) is 0. The molecule has 2 N–H and O–H groups in total. The van der Waals surface area contributed by atoms with Gasteiger partial charge in [0.05, 0.1) is 0 Å². The van der Waals surface area contributed by atoms with E-state index in [0.29, 0.717) is 13.0 Å². The molecule has 0 spiro atoms. The molecule has 17 heavy (non-hydrogen) atoms. The van der Waals surface area contributed by atoms with Gasteiger partial charge in [-0.15, -0.1) is 0 Å². The fourth-order valence-corrected chi connectivity index (χ4v) is 1.30. The summed E-state index contributed by atoms with van der Waals surface area (Å²) in [6, 6.07) is 3.83. The van der Waals surface area contributed by atoms with Crippen LogP contribution in [0.5, 0.6) is 0 Å². The van der Waals surface area contributed by atoms with E-state index in [1.807, 2.05) is 12.1 Å². The number of hydrogen-bond acceptors (Lipinski definition) is 3. The van der Waals surface area contributed by atoms with Crippen molar-refractivity contribution in [3.8, 4) is 0 Å². The first-order chi connectivity index (χ1) is 7.97. The molecule has 1 aromatic rings. The zero-order valence-electron chi connectivity index (χ0n) is 10.8. The maximum absolute atomic E-state index is 11.5. The highest BCUT2D eigenvalue weighted by Gasteiger charge is 2.12. The molecule has 0 aliphatic heterocycles. The lowest BCUT2D eigenvalue weighted by Crippen LogP contribution is -2.37. The molecule has 0 fully saturated rings. The molecule has 0 aliphatic rings. The van der Waals surface area contributed by atoms with Gasteiger partial charge in [-0.1, -0.05) is 26.8 Å². The van der Waals surface area contributed by atoms with Gasteiger partial charge in [0.15, 0.2) is 0 Å². The predicted octanol–water partition coefficient (Wildman–Crippen LogP) is 2.03. The first kappa shape index (κ1) is 13.6. The first-order valence-corrected chi connectivity index (χ1v) is 5.88. The third kappa shape index (κ3) is 6.68. The van der Waals surface area contributed by atoms with Crippen molar-refractivity contribution in [3.05, 3.63) is 30.1 Å². The average Bonchev–Trinajstić information content (AvgIpc) is 2.27. The van der Waals surface area contributed by atoms with E-state index in [2.05, 4.69) is 36.6 Å². The summed E-state index contributed by atoms with van der Waals surface area (Å²) in [5.74, 6) is 0.0313. The molecule has 1 amide bonds. The Labute approximate surface area is 103 Å². The normalized spacial score (nSPS) is 11.2. The van der Waals surface area contributed by atoms with Crippen molar-refractivity contribution in [3.63, 3.8) is 0 Å². The molecule has 0 aliphatic carbocycles. The molecule has 0 aromatic carbocycles. The Kier molecular flexibility index (Phi) is 5.10. The second kappa shape index (κ2) is 6.35. The van der Waals surface area contributed by atoms with E-state index in [-0.39, 0.29) is 11.3 Å². The van der Waals surface area contributed by atoms with Crippen LogP contribution in [0.1, 0.15) is 39.2 Å². The van der Waals surface area contributed by atoms with Crippen molar-refractivity contribution >= 4 is 5.91 Å². The van der Waals surface area contributed by atoms with Gasteiger partial charge in [-0.25, -0.2) is 5.43 Å². The third-order valence-corrected chi connectivity index (χ3v) is 2.35. The van der Waals surface area contributed by atoms with Crippen LogP contribution in [0.3, 0.4) is 0 Å². The Hall–Kier alpha value is -1.42. The number of aromatic nitrogens is 1. The minimum absolute atomic E-state index is 0.0313. The summed E-state index contributed by atoms with van der Waals surface area (Å²) in [6.45, 7) is 6.98. The standard InChI is InChI=1S/C13H21N3O/c1-13(2,3)7-6-12(17)16-15-10-11-5-4-8-14-9-11/h4-5,8-9,15H,6-7,10H2,1-3H3,(H,16,17). The largest absolute Gasteiger partial charge is 0.291 e. The Morgan fingerprint density at radius 3 is 2.76 bits per heavy atom. The summed E-state index contributed by atoms with van der Waals surface area (Å²) >= 11 is 0. The molecule has 0 unspecified atom stereocenters. The van der Waals surface area contributed by atoms with Crippen LogP contribution < -0.4 is 10.9 Å². The zero-order chi connectivity index (χ0) is 12.7. The second-order valence-corrected chi connectivity index (χ2v) is 5.32. The minimum Gasteiger partial charge on any atom is -0.291 e. The Bertz CT molecular complexity index is 343. The van der Waals surface area contributed by atoms with Crippen LogP contribution in [0.15, 0.2) is 24.5 Å². The number of amides is 1. The molecule has 94 valence electrons. The number of carbonyl (C=O) groups is 1. The summed E-state index contributed by atoms with van der Waals surface area (Å²) in [6.07, 6.45) is 4.93. The number of hydrogen-bond donors (Lipinski definition) is 2. The molecule has 1 rings (SSSR count). The molecule has 0 saturated carbocycles. The smallest absolute Gasteiger partial charge is 0.234 e. The van der Waals surface area contributed by atoms with E-state index in [4.69, 9.17) is 0 Å².